The van der Waals surface area contributed by atoms with Gasteiger partial charge in [-0.05, 0) is 42.1 Å². The van der Waals surface area contributed by atoms with E-state index in [1.165, 1.54) is 48.8 Å². The minimum absolute atomic E-state index is 0.770. The van der Waals surface area contributed by atoms with Crippen molar-refractivity contribution in [1.82, 2.24) is 0 Å². The van der Waals surface area contributed by atoms with Gasteiger partial charge in [-0.2, -0.15) is 0 Å². The Labute approximate surface area is 104 Å². The van der Waals surface area contributed by atoms with Gasteiger partial charge in [-0.1, -0.05) is 51.7 Å². The van der Waals surface area contributed by atoms with Crippen molar-refractivity contribution >= 4 is 10.2 Å². The minimum Gasteiger partial charge on any atom is -0.0851 e. The maximum absolute atomic E-state index is 2.53. The molecule has 0 aromatic rings. The summed E-state index contributed by atoms with van der Waals surface area (Å²) in [6, 6.07) is 0. The molecule has 0 heterocycles. The van der Waals surface area contributed by atoms with E-state index in [2.05, 4.69) is 26.0 Å². The van der Waals surface area contributed by atoms with Crippen LogP contribution in [0.2, 0.25) is 5.04 Å². The maximum Gasteiger partial charge on any atom is 0.0107 e. The second kappa shape index (κ2) is 5.08. The summed E-state index contributed by atoms with van der Waals surface area (Å²) in [6.07, 6.45) is 15.3. The van der Waals surface area contributed by atoms with Crippen molar-refractivity contribution in [3.05, 3.63) is 12.2 Å². The summed E-state index contributed by atoms with van der Waals surface area (Å²) in [5.41, 5.74) is 0. The molecular formula is C15H28Si. The van der Waals surface area contributed by atoms with Crippen molar-refractivity contribution in [2.75, 3.05) is 0 Å². The second-order valence-corrected chi connectivity index (χ2v) is 8.68. The number of hydrogen-bond acceptors (Lipinski definition) is 0. The average Bonchev–Trinajstić information content (AvgIpc) is 2.79. The topological polar surface area (TPSA) is 0 Å². The molecule has 0 N–H and O–H groups in total. The molecule has 2 aliphatic carbocycles. The summed E-state index contributed by atoms with van der Waals surface area (Å²) in [6.45, 7) is 4.73. The van der Waals surface area contributed by atoms with Gasteiger partial charge in [0.15, 0.2) is 0 Å². The Hall–Kier alpha value is -0.0431. The van der Waals surface area contributed by atoms with Gasteiger partial charge in [0.2, 0.25) is 0 Å². The molecule has 0 aromatic carbocycles. The van der Waals surface area contributed by atoms with Crippen LogP contribution in [-0.4, -0.2) is 10.2 Å². The molecule has 0 radical (unpaired) electrons. The van der Waals surface area contributed by atoms with Crippen LogP contribution in [-0.2, 0) is 0 Å². The predicted octanol–water partition coefficient (Wildman–Crippen LogP) is 3.71. The number of rotatable bonds is 6. The maximum atomic E-state index is 2.53. The van der Waals surface area contributed by atoms with Crippen LogP contribution in [0.3, 0.4) is 0 Å². The van der Waals surface area contributed by atoms with Gasteiger partial charge in [-0.3, -0.25) is 0 Å². The van der Waals surface area contributed by atoms with Crippen LogP contribution in [0.4, 0.5) is 0 Å². The number of fused-ring (bicyclic) bond motifs is 2. The van der Waals surface area contributed by atoms with Gasteiger partial charge in [0, 0.05) is 10.2 Å². The fourth-order valence-electron chi connectivity index (χ4n) is 4.30. The van der Waals surface area contributed by atoms with Crippen LogP contribution in [0, 0.1) is 17.8 Å². The highest BCUT2D eigenvalue weighted by atomic mass is 28.1. The lowest BCUT2D eigenvalue weighted by Crippen LogP contribution is -2.20. The van der Waals surface area contributed by atoms with E-state index in [-0.39, 0.29) is 0 Å². The Morgan fingerprint density at radius 2 is 1.81 bits per heavy atom. The van der Waals surface area contributed by atoms with Crippen LogP contribution in [0.1, 0.15) is 58.8 Å². The molecule has 0 saturated heterocycles. The first-order valence-electron chi connectivity index (χ1n) is 7.35. The van der Waals surface area contributed by atoms with Gasteiger partial charge in [0.25, 0.3) is 0 Å². The summed E-state index contributed by atoms with van der Waals surface area (Å²) >= 11 is 0. The lowest BCUT2D eigenvalue weighted by molar-refractivity contribution is 0.315. The third-order valence-electron chi connectivity index (χ3n) is 4.88. The summed E-state index contributed by atoms with van der Waals surface area (Å²) in [7, 11) is 1.41. The fraction of sp³-hybridized carbons (Fsp3) is 0.867. The highest BCUT2D eigenvalue weighted by Crippen LogP contribution is 2.51. The van der Waals surface area contributed by atoms with E-state index in [1.54, 1.807) is 6.42 Å². The van der Waals surface area contributed by atoms with Crippen molar-refractivity contribution < 1.29 is 0 Å². The van der Waals surface area contributed by atoms with E-state index in [9.17, 15) is 0 Å². The van der Waals surface area contributed by atoms with E-state index in [4.69, 9.17) is 0 Å². The van der Waals surface area contributed by atoms with Crippen LogP contribution < -0.4 is 0 Å². The lowest BCUT2D eigenvalue weighted by Gasteiger charge is -2.34. The Balaban J connectivity index is 1.93. The van der Waals surface area contributed by atoms with Crippen molar-refractivity contribution in [1.29, 1.82) is 0 Å². The Kier molecular flexibility index (Phi) is 3.94. The molecule has 16 heavy (non-hydrogen) atoms. The number of allylic oxidation sites excluding steroid dienone is 2. The van der Waals surface area contributed by atoms with Crippen molar-refractivity contribution in [3.8, 4) is 0 Å². The molecular weight excluding hydrogens is 208 g/mol. The molecule has 2 bridgehead atoms. The smallest absolute Gasteiger partial charge is 0.0107 e. The van der Waals surface area contributed by atoms with E-state index in [0.717, 1.165) is 22.8 Å². The summed E-state index contributed by atoms with van der Waals surface area (Å²) in [4.78, 5) is 0. The average molecular weight is 236 g/mol. The Morgan fingerprint density at radius 1 is 1.12 bits per heavy atom. The zero-order valence-electron chi connectivity index (χ0n) is 11.3. The molecule has 1 saturated carbocycles. The summed E-state index contributed by atoms with van der Waals surface area (Å²) < 4.78 is 0. The van der Waals surface area contributed by atoms with Gasteiger partial charge in [-0.15, -0.1) is 0 Å². The zero-order chi connectivity index (χ0) is 11.6. The molecule has 2 aliphatic rings. The summed E-state index contributed by atoms with van der Waals surface area (Å²) in [5.74, 6) is 2.97. The predicted molar refractivity (Wildman–Crippen MR) is 75.9 cm³/mol. The molecule has 0 spiro atoms. The van der Waals surface area contributed by atoms with E-state index >= 15 is 0 Å². The normalized spacial score (nSPS) is 32.8. The molecule has 0 aromatic heterocycles. The highest BCUT2D eigenvalue weighted by Gasteiger charge is 2.38. The molecule has 0 amide bonds. The van der Waals surface area contributed by atoms with Crippen molar-refractivity contribution in [3.63, 3.8) is 0 Å². The first-order valence-corrected chi connectivity index (χ1v) is 8.35. The molecule has 2 rings (SSSR count). The molecule has 0 nitrogen and oxygen atoms in total. The quantitative estimate of drug-likeness (QED) is 0.487. The second-order valence-electron chi connectivity index (χ2n) is 6.56. The zero-order valence-corrected chi connectivity index (χ0v) is 13.3. The largest absolute Gasteiger partial charge is 0.0851 e. The van der Waals surface area contributed by atoms with Crippen LogP contribution in [0.5, 0.6) is 0 Å². The first kappa shape index (κ1) is 12.4. The molecule has 92 valence electrons. The van der Waals surface area contributed by atoms with Crippen molar-refractivity contribution in [2.24, 2.45) is 17.8 Å². The van der Waals surface area contributed by atoms with Gasteiger partial charge in [-0.25, -0.2) is 0 Å². The van der Waals surface area contributed by atoms with Gasteiger partial charge < -0.3 is 0 Å². The van der Waals surface area contributed by atoms with Crippen LogP contribution >= 0.6 is 0 Å². The Morgan fingerprint density at radius 3 is 2.25 bits per heavy atom. The van der Waals surface area contributed by atoms with E-state index in [1.807, 2.05) is 0 Å². The van der Waals surface area contributed by atoms with E-state index in [0.29, 0.717) is 0 Å². The Bertz CT molecular complexity index is 250. The summed E-state index contributed by atoms with van der Waals surface area (Å²) in [5, 5.41) is 0.770. The van der Waals surface area contributed by atoms with Crippen LogP contribution in [0.15, 0.2) is 12.2 Å². The molecule has 3 unspecified atom stereocenters. The minimum atomic E-state index is 0.770. The SMILES string of the molecule is CCCC([SiH3])(CCC)CC1CC2C=CC1C2. The first-order chi connectivity index (χ1) is 7.67. The van der Waals surface area contributed by atoms with Crippen molar-refractivity contribution in [2.45, 2.75) is 63.8 Å². The van der Waals surface area contributed by atoms with Gasteiger partial charge >= 0.3 is 0 Å². The monoisotopic (exact) mass is 236 g/mol. The molecule has 3 atom stereocenters. The van der Waals surface area contributed by atoms with Gasteiger partial charge in [0.1, 0.15) is 0 Å². The molecule has 1 fully saturated rings. The lowest BCUT2D eigenvalue weighted by atomic mass is 9.81. The standard InChI is InChI=1S/C15H28Si/c1-3-7-15(16,8-4-2)11-14-10-12-5-6-13(14)9-12/h5-6,12-14H,3-4,7-11H2,1-2,16H3. The van der Waals surface area contributed by atoms with E-state index < -0.39 is 0 Å². The van der Waals surface area contributed by atoms with Gasteiger partial charge in [0.05, 0.1) is 0 Å². The molecule has 1 heteroatoms. The third kappa shape index (κ3) is 2.61. The fourth-order valence-corrected chi connectivity index (χ4v) is 5.82. The third-order valence-corrected chi connectivity index (χ3v) is 6.29. The number of hydrogen-bond donors (Lipinski definition) is 0. The molecule has 0 aliphatic heterocycles. The highest BCUT2D eigenvalue weighted by molar-refractivity contribution is 6.15. The van der Waals surface area contributed by atoms with Crippen LogP contribution in [0.25, 0.3) is 0 Å².